The maximum absolute atomic E-state index is 5.90. The van der Waals surface area contributed by atoms with Gasteiger partial charge in [-0.05, 0) is 48.5 Å². The highest BCUT2D eigenvalue weighted by Crippen LogP contribution is 2.31. The second-order valence-corrected chi connectivity index (χ2v) is 6.24. The molecule has 6 heteroatoms. The molecule has 0 saturated carbocycles. The van der Waals surface area contributed by atoms with Gasteiger partial charge in [-0.15, -0.1) is 0 Å². The zero-order chi connectivity index (χ0) is 19.7. The second-order valence-electron chi connectivity index (χ2n) is 6.24. The SMILES string of the molecule is C=C(N)c1ccc(-c2ccc(-c3ccc(-c4ccc(C(=C)N)cn4)o3)o2)nc1. The predicted octanol–water partition coefficient (Wildman–Crippen LogP) is 4.52. The zero-order valence-electron chi connectivity index (χ0n) is 15.1. The van der Waals surface area contributed by atoms with Crippen LogP contribution in [0.4, 0.5) is 0 Å². The van der Waals surface area contributed by atoms with E-state index in [0.29, 0.717) is 45.8 Å². The van der Waals surface area contributed by atoms with Crippen LogP contribution in [-0.2, 0) is 0 Å². The zero-order valence-corrected chi connectivity index (χ0v) is 15.1. The average Bonchev–Trinajstić information content (AvgIpc) is 3.38. The predicted molar refractivity (Wildman–Crippen MR) is 109 cm³/mol. The lowest BCUT2D eigenvalue weighted by Gasteiger charge is -2.01. The molecular weight excluding hydrogens is 352 g/mol. The van der Waals surface area contributed by atoms with Crippen LogP contribution in [-0.4, -0.2) is 9.97 Å². The molecule has 4 aromatic heterocycles. The van der Waals surface area contributed by atoms with E-state index in [1.807, 2.05) is 48.5 Å². The summed E-state index contributed by atoms with van der Waals surface area (Å²) in [6, 6.07) is 14.7. The molecule has 4 N–H and O–H groups in total. The lowest BCUT2D eigenvalue weighted by Crippen LogP contribution is -1.94. The van der Waals surface area contributed by atoms with Gasteiger partial charge in [0.05, 0.1) is 0 Å². The van der Waals surface area contributed by atoms with Crippen molar-refractivity contribution in [3.63, 3.8) is 0 Å². The first-order valence-electron chi connectivity index (χ1n) is 8.53. The van der Waals surface area contributed by atoms with E-state index >= 15 is 0 Å². The number of rotatable bonds is 5. The van der Waals surface area contributed by atoms with Gasteiger partial charge in [0.25, 0.3) is 0 Å². The van der Waals surface area contributed by atoms with Crippen LogP contribution >= 0.6 is 0 Å². The Hall–Kier alpha value is -4.06. The van der Waals surface area contributed by atoms with Crippen LogP contribution < -0.4 is 11.5 Å². The van der Waals surface area contributed by atoms with Crippen LogP contribution in [0.1, 0.15) is 11.1 Å². The molecule has 0 atom stereocenters. The Labute approximate surface area is 161 Å². The first kappa shape index (κ1) is 17.4. The Morgan fingerprint density at radius 1 is 0.607 bits per heavy atom. The van der Waals surface area contributed by atoms with E-state index < -0.39 is 0 Å². The third-order valence-electron chi connectivity index (χ3n) is 4.23. The summed E-state index contributed by atoms with van der Waals surface area (Å²) < 4.78 is 11.8. The van der Waals surface area contributed by atoms with Gasteiger partial charge in [-0.1, -0.05) is 13.2 Å². The Morgan fingerprint density at radius 2 is 1.00 bits per heavy atom. The van der Waals surface area contributed by atoms with Crippen molar-refractivity contribution < 1.29 is 8.83 Å². The first-order valence-corrected chi connectivity index (χ1v) is 8.53. The van der Waals surface area contributed by atoms with E-state index in [-0.39, 0.29) is 0 Å². The molecule has 6 nitrogen and oxygen atoms in total. The fourth-order valence-electron chi connectivity index (χ4n) is 2.68. The van der Waals surface area contributed by atoms with Gasteiger partial charge < -0.3 is 20.3 Å². The highest BCUT2D eigenvalue weighted by molar-refractivity contribution is 5.66. The van der Waals surface area contributed by atoms with Gasteiger partial charge in [0.15, 0.2) is 23.0 Å². The van der Waals surface area contributed by atoms with E-state index in [9.17, 15) is 0 Å². The number of pyridine rings is 2. The van der Waals surface area contributed by atoms with E-state index in [1.165, 1.54) is 0 Å². The third-order valence-corrected chi connectivity index (χ3v) is 4.23. The topological polar surface area (TPSA) is 104 Å². The van der Waals surface area contributed by atoms with E-state index in [2.05, 4.69) is 23.1 Å². The number of hydrogen-bond acceptors (Lipinski definition) is 6. The number of furan rings is 2. The monoisotopic (exact) mass is 370 g/mol. The summed E-state index contributed by atoms with van der Waals surface area (Å²) >= 11 is 0. The van der Waals surface area contributed by atoms with Crippen molar-refractivity contribution in [1.29, 1.82) is 0 Å². The first-order chi connectivity index (χ1) is 13.5. The van der Waals surface area contributed by atoms with E-state index in [4.69, 9.17) is 20.3 Å². The Bertz CT molecular complexity index is 1060. The van der Waals surface area contributed by atoms with Crippen molar-refractivity contribution in [2.24, 2.45) is 11.5 Å². The molecule has 0 bridgehead atoms. The number of nitrogens with zero attached hydrogens (tertiary/aromatic N) is 2. The molecule has 0 spiro atoms. The highest BCUT2D eigenvalue weighted by atomic mass is 16.4. The molecule has 0 unspecified atom stereocenters. The van der Waals surface area contributed by atoms with Crippen LogP contribution in [0.5, 0.6) is 0 Å². The number of nitrogens with two attached hydrogens (primary N) is 2. The standard InChI is InChI=1S/C22H18N4O2/c1-13(23)15-3-5-17(25-11-15)19-7-9-21(27-19)22-10-8-20(28-22)18-6-4-16(12-26-18)14(2)24/h3-12H,1-2,23-24H2. The average molecular weight is 370 g/mol. The minimum Gasteiger partial charge on any atom is -0.451 e. The number of hydrogen-bond donors (Lipinski definition) is 2. The van der Waals surface area contributed by atoms with Crippen molar-refractivity contribution in [3.05, 3.63) is 85.2 Å². The summed E-state index contributed by atoms with van der Waals surface area (Å²) in [5.74, 6) is 2.46. The fourth-order valence-corrected chi connectivity index (χ4v) is 2.68. The summed E-state index contributed by atoms with van der Waals surface area (Å²) in [6.45, 7) is 7.40. The van der Waals surface area contributed by atoms with Crippen LogP contribution in [0.15, 0.2) is 82.9 Å². The second kappa shape index (κ2) is 6.92. The fraction of sp³-hybridized carbons (Fsp3) is 0. The van der Waals surface area contributed by atoms with Crippen LogP contribution in [0.25, 0.3) is 45.8 Å². The molecule has 4 heterocycles. The molecule has 0 aliphatic carbocycles. The minimum absolute atomic E-state index is 0.472. The smallest absolute Gasteiger partial charge is 0.170 e. The summed E-state index contributed by atoms with van der Waals surface area (Å²) in [4.78, 5) is 8.72. The third kappa shape index (κ3) is 3.31. The molecule has 4 rings (SSSR count). The van der Waals surface area contributed by atoms with Crippen molar-refractivity contribution in [3.8, 4) is 34.4 Å². The van der Waals surface area contributed by atoms with Gasteiger partial charge in [0.1, 0.15) is 11.4 Å². The lowest BCUT2D eigenvalue weighted by molar-refractivity contribution is 0.537. The quantitative estimate of drug-likeness (QED) is 0.535. The van der Waals surface area contributed by atoms with Gasteiger partial charge in [-0.2, -0.15) is 0 Å². The molecule has 28 heavy (non-hydrogen) atoms. The molecule has 0 aliphatic heterocycles. The summed E-state index contributed by atoms with van der Waals surface area (Å²) in [7, 11) is 0. The van der Waals surface area contributed by atoms with Crippen LogP contribution in [0, 0.1) is 0 Å². The Balaban J connectivity index is 1.57. The van der Waals surface area contributed by atoms with Gasteiger partial charge in [0, 0.05) is 34.9 Å². The Morgan fingerprint density at radius 3 is 1.32 bits per heavy atom. The molecule has 0 fully saturated rings. The number of aromatic nitrogens is 2. The molecule has 0 aromatic carbocycles. The van der Waals surface area contributed by atoms with Crippen LogP contribution in [0.2, 0.25) is 0 Å². The van der Waals surface area contributed by atoms with Gasteiger partial charge in [-0.3, -0.25) is 9.97 Å². The molecule has 0 radical (unpaired) electrons. The lowest BCUT2D eigenvalue weighted by atomic mass is 10.2. The van der Waals surface area contributed by atoms with Gasteiger partial charge in [-0.25, -0.2) is 0 Å². The summed E-state index contributed by atoms with van der Waals surface area (Å²) in [5, 5.41) is 0. The maximum atomic E-state index is 5.90. The molecule has 0 aliphatic rings. The van der Waals surface area contributed by atoms with Crippen molar-refractivity contribution in [1.82, 2.24) is 9.97 Å². The van der Waals surface area contributed by atoms with E-state index in [0.717, 1.165) is 11.1 Å². The molecule has 0 amide bonds. The van der Waals surface area contributed by atoms with Crippen molar-refractivity contribution >= 4 is 11.4 Å². The summed E-state index contributed by atoms with van der Waals surface area (Å²) in [5.41, 5.74) is 15.2. The van der Waals surface area contributed by atoms with Crippen LogP contribution in [0.3, 0.4) is 0 Å². The maximum Gasteiger partial charge on any atom is 0.170 e. The largest absolute Gasteiger partial charge is 0.451 e. The van der Waals surface area contributed by atoms with Crippen molar-refractivity contribution in [2.75, 3.05) is 0 Å². The highest BCUT2D eigenvalue weighted by Gasteiger charge is 2.13. The van der Waals surface area contributed by atoms with Gasteiger partial charge >= 0.3 is 0 Å². The molecule has 4 aromatic rings. The van der Waals surface area contributed by atoms with Gasteiger partial charge in [0.2, 0.25) is 0 Å². The summed E-state index contributed by atoms with van der Waals surface area (Å²) in [6.07, 6.45) is 3.33. The molecule has 138 valence electrons. The minimum atomic E-state index is 0.472. The van der Waals surface area contributed by atoms with E-state index in [1.54, 1.807) is 12.4 Å². The molecule has 0 saturated heterocycles. The van der Waals surface area contributed by atoms with Crippen molar-refractivity contribution in [2.45, 2.75) is 0 Å². The molecular formula is C22H18N4O2. The Kier molecular flexibility index (Phi) is 4.29. The normalized spacial score (nSPS) is 10.7.